The summed E-state index contributed by atoms with van der Waals surface area (Å²) in [5, 5.41) is 2.89. The summed E-state index contributed by atoms with van der Waals surface area (Å²) in [4.78, 5) is 23.8. The monoisotopic (exact) mass is 376 g/mol. The number of carbonyl (C=O) groups excluding carboxylic acids is 2. The van der Waals surface area contributed by atoms with Crippen molar-refractivity contribution in [2.45, 2.75) is 16.9 Å². The lowest BCUT2D eigenvalue weighted by molar-refractivity contribution is 0.0887. The molecule has 6 nitrogen and oxygen atoms in total. The van der Waals surface area contributed by atoms with E-state index in [0.717, 1.165) is 15.2 Å². The van der Waals surface area contributed by atoms with Crippen LogP contribution >= 0.6 is 23.1 Å². The predicted molar refractivity (Wildman–Crippen MR) is 97.7 cm³/mol. The van der Waals surface area contributed by atoms with E-state index < -0.39 is 12.0 Å². The average Bonchev–Trinajstić information content (AvgIpc) is 3.25. The molecule has 0 aliphatic heterocycles. The minimum atomic E-state index is -0.721. The summed E-state index contributed by atoms with van der Waals surface area (Å²) in [5.74, 6) is 0.243. The fourth-order valence-electron chi connectivity index (χ4n) is 2.25. The van der Waals surface area contributed by atoms with Crippen molar-refractivity contribution in [1.82, 2.24) is 10.9 Å². The first-order valence-corrected chi connectivity index (χ1v) is 9.45. The van der Waals surface area contributed by atoms with Crippen molar-refractivity contribution in [3.05, 3.63) is 53.1 Å². The highest BCUT2D eigenvalue weighted by atomic mass is 32.2. The summed E-state index contributed by atoms with van der Waals surface area (Å²) in [6.45, 7) is 1.90. The van der Waals surface area contributed by atoms with Crippen molar-refractivity contribution >= 4 is 46.1 Å². The van der Waals surface area contributed by atoms with Gasteiger partial charge in [0, 0.05) is 16.7 Å². The summed E-state index contributed by atoms with van der Waals surface area (Å²) < 4.78 is 11.6. The number of para-hydroxylation sites is 1. The van der Waals surface area contributed by atoms with Crippen molar-refractivity contribution in [2.75, 3.05) is 6.61 Å². The van der Waals surface area contributed by atoms with E-state index in [1.807, 2.05) is 41.8 Å². The Morgan fingerprint density at radius 1 is 1.20 bits per heavy atom. The number of hydrazine groups is 1. The maximum atomic E-state index is 12.4. The van der Waals surface area contributed by atoms with Crippen molar-refractivity contribution in [3.8, 4) is 0 Å². The molecule has 0 bridgehead atoms. The quantitative estimate of drug-likeness (QED) is 0.516. The topological polar surface area (TPSA) is 80.6 Å². The molecule has 0 unspecified atom stereocenters. The molecule has 0 saturated heterocycles. The van der Waals surface area contributed by atoms with Gasteiger partial charge in [-0.1, -0.05) is 24.3 Å². The summed E-state index contributed by atoms with van der Waals surface area (Å²) in [5.41, 5.74) is 5.93. The smallest absolute Gasteiger partial charge is 0.426 e. The lowest BCUT2D eigenvalue weighted by Gasteiger charge is -2.07. The summed E-state index contributed by atoms with van der Waals surface area (Å²) in [6, 6.07) is 11.5. The molecule has 2 heterocycles. The third-order valence-electron chi connectivity index (χ3n) is 3.31. The zero-order valence-electron chi connectivity index (χ0n) is 13.4. The van der Waals surface area contributed by atoms with Gasteiger partial charge in [0.25, 0.3) is 0 Å². The Morgan fingerprint density at radius 3 is 2.80 bits per heavy atom. The van der Waals surface area contributed by atoms with Crippen molar-refractivity contribution in [2.24, 2.45) is 0 Å². The van der Waals surface area contributed by atoms with Gasteiger partial charge in [0.15, 0.2) is 5.76 Å². The Labute approximate surface area is 152 Å². The Balaban J connectivity index is 1.81. The third kappa shape index (κ3) is 4.15. The molecule has 130 valence electrons. The molecule has 0 aliphatic rings. The first-order chi connectivity index (χ1) is 12.2. The highest BCUT2D eigenvalue weighted by Crippen LogP contribution is 2.33. The van der Waals surface area contributed by atoms with Crippen LogP contribution in [-0.4, -0.2) is 18.6 Å². The minimum Gasteiger partial charge on any atom is -0.451 e. The number of rotatable bonds is 5. The molecule has 2 aromatic heterocycles. The van der Waals surface area contributed by atoms with Crippen molar-refractivity contribution in [3.63, 3.8) is 0 Å². The van der Waals surface area contributed by atoms with E-state index in [1.54, 1.807) is 30.0 Å². The van der Waals surface area contributed by atoms with E-state index in [1.165, 1.54) is 0 Å². The third-order valence-corrected chi connectivity index (χ3v) is 5.47. The van der Waals surface area contributed by atoms with Crippen LogP contribution in [0.15, 0.2) is 50.4 Å². The number of amides is 2. The molecule has 25 heavy (non-hydrogen) atoms. The second-order valence-corrected chi connectivity index (χ2v) is 7.15. The van der Waals surface area contributed by atoms with Gasteiger partial charge in [0.05, 0.1) is 10.8 Å². The molecule has 3 aromatic rings. The molecule has 2 amide bonds. The normalized spacial score (nSPS) is 10.6. The number of hydrogen-bond donors (Lipinski definition) is 2. The number of ether oxygens (including phenoxy) is 1. The highest BCUT2D eigenvalue weighted by Gasteiger charge is 2.21. The number of thioether (sulfide) groups is 1. The zero-order chi connectivity index (χ0) is 17.6. The van der Waals surface area contributed by atoms with Gasteiger partial charge < -0.3 is 9.15 Å². The molecule has 8 heteroatoms. The van der Waals surface area contributed by atoms with Crippen LogP contribution in [-0.2, 0) is 10.5 Å². The molecular weight excluding hydrogens is 360 g/mol. The van der Waals surface area contributed by atoms with E-state index in [-0.39, 0.29) is 12.4 Å². The maximum absolute atomic E-state index is 12.4. The van der Waals surface area contributed by atoms with Crippen LogP contribution < -0.4 is 10.9 Å². The molecule has 0 atom stereocenters. The number of carbonyl (C=O) groups is 2. The fourth-order valence-corrected chi connectivity index (χ4v) is 4.06. The van der Waals surface area contributed by atoms with Crippen LogP contribution in [0.2, 0.25) is 0 Å². The largest absolute Gasteiger partial charge is 0.451 e. The van der Waals surface area contributed by atoms with Gasteiger partial charge in [-0.05, 0) is 24.4 Å². The van der Waals surface area contributed by atoms with Crippen molar-refractivity contribution in [1.29, 1.82) is 0 Å². The fraction of sp³-hybridized carbons (Fsp3) is 0.176. The minimum absolute atomic E-state index is 0.182. The van der Waals surface area contributed by atoms with Gasteiger partial charge in [-0.2, -0.15) is 0 Å². The van der Waals surface area contributed by atoms with Gasteiger partial charge in [0.2, 0.25) is 0 Å². The predicted octanol–water partition coefficient (Wildman–Crippen LogP) is 4.18. The molecule has 0 spiro atoms. The maximum Gasteiger partial charge on any atom is 0.426 e. The number of nitrogens with one attached hydrogen (secondary N) is 2. The van der Waals surface area contributed by atoms with E-state index in [2.05, 4.69) is 10.9 Å². The first-order valence-electron chi connectivity index (χ1n) is 7.59. The second kappa shape index (κ2) is 8.09. The molecule has 0 aliphatic carbocycles. The SMILES string of the molecule is CCOC(=O)NNC(=O)c1oc2ccccc2c1CSc1cccs1. The molecule has 3 rings (SSSR count). The Kier molecular flexibility index (Phi) is 5.62. The number of fused-ring (bicyclic) bond motifs is 1. The zero-order valence-corrected chi connectivity index (χ0v) is 15.0. The van der Waals surface area contributed by atoms with Gasteiger partial charge in [-0.3, -0.25) is 10.2 Å². The van der Waals surface area contributed by atoms with Gasteiger partial charge in [-0.15, -0.1) is 23.1 Å². The van der Waals surface area contributed by atoms with Crippen LogP contribution in [0.25, 0.3) is 11.0 Å². The average molecular weight is 376 g/mol. The molecule has 0 fully saturated rings. The van der Waals surface area contributed by atoms with Crippen LogP contribution in [0.3, 0.4) is 0 Å². The molecule has 2 N–H and O–H groups in total. The lowest BCUT2D eigenvalue weighted by Crippen LogP contribution is -2.42. The van der Waals surface area contributed by atoms with Crippen LogP contribution in [0.4, 0.5) is 4.79 Å². The van der Waals surface area contributed by atoms with E-state index >= 15 is 0 Å². The molecular formula is C17H16N2O4S2. The highest BCUT2D eigenvalue weighted by molar-refractivity contribution is 8.00. The summed E-state index contributed by atoms with van der Waals surface area (Å²) >= 11 is 3.27. The van der Waals surface area contributed by atoms with Gasteiger partial charge in [0.1, 0.15) is 5.58 Å². The number of thiophene rings is 1. The van der Waals surface area contributed by atoms with E-state index in [0.29, 0.717) is 11.3 Å². The molecule has 0 saturated carbocycles. The van der Waals surface area contributed by atoms with Gasteiger partial charge >= 0.3 is 12.0 Å². The number of hydrogen-bond acceptors (Lipinski definition) is 6. The van der Waals surface area contributed by atoms with Crippen molar-refractivity contribution < 1.29 is 18.7 Å². The number of furan rings is 1. The van der Waals surface area contributed by atoms with Crippen LogP contribution in [0, 0.1) is 0 Å². The standard InChI is InChI=1S/C17H16N2O4S2/c1-2-22-17(21)19-18-16(20)15-12(10-25-14-8-5-9-24-14)11-6-3-4-7-13(11)23-15/h3-9H,2,10H2,1H3,(H,18,20)(H,19,21). The van der Waals surface area contributed by atoms with E-state index in [9.17, 15) is 9.59 Å². The lowest BCUT2D eigenvalue weighted by atomic mass is 10.1. The van der Waals surface area contributed by atoms with E-state index in [4.69, 9.17) is 9.15 Å². The first kappa shape index (κ1) is 17.4. The number of benzene rings is 1. The van der Waals surface area contributed by atoms with Crippen LogP contribution in [0.1, 0.15) is 23.0 Å². The summed E-state index contributed by atoms with van der Waals surface area (Å²) in [6.07, 6.45) is -0.721. The Hall–Kier alpha value is -2.45. The van der Waals surface area contributed by atoms with Crippen LogP contribution in [0.5, 0.6) is 0 Å². The molecule has 0 radical (unpaired) electrons. The Morgan fingerprint density at radius 2 is 2.04 bits per heavy atom. The summed E-state index contributed by atoms with van der Waals surface area (Å²) in [7, 11) is 0. The van der Waals surface area contributed by atoms with Gasteiger partial charge in [-0.25, -0.2) is 10.2 Å². The molecule has 1 aromatic carbocycles. The Bertz CT molecular complexity index is 874. The second-order valence-electron chi connectivity index (χ2n) is 4.93.